The van der Waals surface area contributed by atoms with Crippen LogP contribution in [0.25, 0.3) is 10.2 Å². The first-order chi connectivity index (χ1) is 21.1. The highest BCUT2D eigenvalue weighted by Gasteiger charge is 2.70. The van der Waals surface area contributed by atoms with Crippen molar-refractivity contribution in [2.24, 2.45) is 28.6 Å². The summed E-state index contributed by atoms with van der Waals surface area (Å²) < 4.78 is 8.23. The summed E-state index contributed by atoms with van der Waals surface area (Å²) in [4.78, 5) is 45.1. The number of rotatable bonds is 6. The van der Waals surface area contributed by atoms with Crippen molar-refractivity contribution in [2.75, 3.05) is 11.1 Å². The Morgan fingerprint density at radius 3 is 2.64 bits per heavy atom. The standard InChI is InChI=1S/C35H38N2O5S2/c1-33-16-14-23(38)18-21(33)12-13-24-25-15-17-35(34(25,2)19-27(39)30(24)33,42-31(41)36-22-8-4-3-5-9-22)29(40)20-43-32-37-26-10-6-7-11-28(26)44-32/h3-11,18,24-25,27,30,39H,12-17,19-20H2,1-2H3,(H,36,41)/t24?,25?,27?,30?,33?,34?,35-/m0/s1. The van der Waals surface area contributed by atoms with Crippen LogP contribution in [-0.2, 0) is 14.3 Å². The second-order valence-electron chi connectivity index (χ2n) is 13.5. The number of aromatic nitrogens is 1. The number of Topliss-reactive ketones (excluding diaryl/α,β-unsaturated/α-hetero) is 1. The Morgan fingerprint density at radius 1 is 1.07 bits per heavy atom. The highest BCUT2D eigenvalue weighted by Crippen LogP contribution is 2.68. The van der Waals surface area contributed by atoms with E-state index in [0.29, 0.717) is 24.9 Å². The van der Waals surface area contributed by atoms with Crippen LogP contribution >= 0.6 is 23.1 Å². The van der Waals surface area contributed by atoms with Crippen molar-refractivity contribution in [3.05, 3.63) is 66.2 Å². The van der Waals surface area contributed by atoms with Crippen LogP contribution in [0.2, 0.25) is 0 Å². The van der Waals surface area contributed by atoms with Gasteiger partial charge in [-0.3, -0.25) is 14.9 Å². The number of thiazole rings is 1. The average Bonchev–Trinajstić information content (AvgIpc) is 3.55. The molecule has 230 valence electrons. The zero-order valence-corrected chi connectivity index (χ0v) is 26.7. The van der Waals surface area contributed by atoms with Gasteiger partial charge in [-0.05, 0) is 92.0 Å². The van der Waals surface area contributed by atoms with E-state index in [2.05, 4.69) is 19.2 Å². The number of para-hydroxylation sites is 2. The zero-order valence-electron chi connectivity index (χ0n) is 25.1. The van der Waals surface area contributed by atoms with Gasteiger partial charge in [0, 0.05) is 17.5 Å². The lowest BCUT2D eigenvalue weighted by Crippen LogP contribution is -2.63. The van der Waals surface area contributed by atoms with Crippen LogP contribution in [0.5, 0.6) is 0 Å². The number of ketones is 2. The van der Waals surface area contributed by atoms with E-state index < -0.39 is 23.2 Å². The van der Waals surface area contributed by atoms with Crippen LogP contribution in [0.1, 0.15) is 58.8 Å². The molecule has 6 unspecified atom stereocenters. The lowest BCUT2D eigenvalue weighted by molar-refractivity contribution is -0.178. The van der Waals surface area contributed by atoms with Gasteiger partial charge in [0.25, 0.3) is 0 Å². The second-order valence-corrected chi connectivity index (χ2v) is 15.7. The lowest BCUT2D eigenvalue weighted by atomic mass is 9.45. The predicted molar refractivity (Wildman–Crippen MR) is 173 cm³/mol. The van der Waals surface area contributed by atoms with E-state index in [-0.39, 0.29) is 40.5 Å². The van der Waals surface area contributed by atoms with Gasteiger partial charge in [0.1, 0.15) is 0 Å². The van der Waals surface area contributed by atoms with Crippen molar-refractivity contribution in [1.82, 2.24) is 4.98 Å². The van der Waals surface area contributed by atoms with Gasteiger partial charge in [-0.25, -0.2) is 9.78 Å². The van der Waals surface area contributed by atoms with Gasteiger partial charge in [0.15, 0.2) is 21.5 Å². The summed E-state index contributed by atoms with van der Waals surface area (Å²) in [5, 5.41) is 14.8. The minimum Gasteiger partial charge on any atom is -0.434 e. The molecule has 0 bridgehead atoms. The molecule has 4 aliphatic carbocycles. The number of aliphatic hydroxyl groups excluding tert-OH is 1. The van der Waals surface area contributed by atoms with E-state index in [1.54, 1.807) is 23.5 Å². The number of benzene rings is 2. The highest BCUT2D eigenvalue weighted by molar-refractivity contribution is 8.01. The number of fused-ring (bicyclic) bond motifs is 6. The summed E-state index contributed by atoms with van der Waals surface area (Å²) in [6.07, 6.45) is 4.97. The molecule has 3 aromatic rings. The molecule has 0 radical (unpaired) electrons. The van der Waals surface area contributed by atoms with Gasteiger partial charge < -0.3 is 9.84 Å². The molecule has 1 amide bonds. The predicted octanol–water partition coefficient (Wildman–Crippen LogP) is 7.45. The third-order valence-corrected chi connectivity index (χ3v) is 13.5. The number of thioether (sulfide) groups is 1. The maximum absolute atomic E-state index is 14.5. The number of nitrogens with one attached hydrogen (secondary N) is 1. The van der Waals surface area contributed by atoms with Gasteiger partial charge in [-0.15, -0.1) is 11.3 Å². The molecule has 0 aliphatic heterocycles. The molecule has 7 rings (SSSR count). The normalized spacial score (nSPS) is 34.4. The molecule has 3 fully saturated rings. The van der Waals surface area contributed by atoms with Crippen molar-refractivity contribution in [1.29, 1.82) is 0 Å². The number of nitrogens with zero attached hydrogens (tertiary/aromatic N) is 1. The number of aliphatic hydroxyl groups is 1. The maximum atomic E-state index is 14.5. The Hall–Kier alpha value is -3.01. The van der Waals surface area contributed by atoms with Crippen molar-refractivity contribution < 1.29 is 24.2 Å². The summed E-state index contributed by atoms with van der Waals surface area (Å²) in [5.41, 5.74) is 0.308. The van der Waals surface area contributed by atoms with Gasteiger partial charge in [-0.1, -0.05) is 61.5 Å². The van der Waals surface area contributed by atoms with Crippen LogP contribution in [0, 0.1) is 28.6 Å². The summed E-state index contributed by atoms with van der Waals surface area (Å²) in [7, 11) is 0. The fourth-order valence-electron chi connectivity index (χ4n) is 9.34. The number of ether oxygens (including phenoxy) is 1. The third kappa shape index (κ3) is 4.74. The first kappa shape index (κ1) is 29.7. The van der Waals surface area contributed by atoms with E-state index in [9.17, 15) is 19.5 Å². The topological polar surface area (TPSA) is 106 Å². The van der Waals surface area contributed by atoms with E-state index in [1.165, 1.54) is 17.3 Å². The average molecular weight is 631 g/mol. The molecule has 7 nitrogen and oxygen atoms in total. The monoisotopic (exact) mass is 630 g/mol. The minimum atomic E-state index is -1.38. The molecular weight excluding hydrogens is 593 g/mol. The molecule has 3 saturated carbocycles. The first-order valence-corrected chi connectivity index (χ1v) is 17.4. The SMILES string of the molecule is CC12CCC(=O)C=C1CCC1C2C(O)CC2(C)C1CC[C@]2(OC(=O)Nc1ccccc1)C(=O)CSc1nc2ccccc2s1. The molecule has 4 aliphatic rings. The fraction of sp³-hybridized carbons (Fsp3) is 0.486. The Balaban J connectivity index is 1.21. The molecule has 1 aromatic heterocycles. The van der Waals surface area contributed by atoms with Crippen molar-refractivity contribution >= 4 is 56.7 Å². The Labute approximate surface area is 265 Å². The number of carbonyl (C=O) groups excluding carboxylic acids is 3. The molecule has 9 heteroatoms. The number of allylic oxidation sites excluding steroid dienone is 1. The third-order valence-electron chi connectivity index (χ3n) is 11.4. The molecule has 1 heterocycles. The second kappa shape index (κ2) is 11.1. The van der Waals surface area contributed by atoms with Crippen LogP contribution < -0.4 is 5.32 Å². The van der Waals surface area contributed by atoms with Crippen molar-refractivity contribution in [3.8, 4) is 0 Å². The van der Waals surface area contributed by atoms with Gasteiger partial charge in [0.2, 0.25) is 0 Å². The number of carbonyl (C=O) groups is 3. The largest absolute Gasteiger partial charge is 0.434 e. The Bertz CT molecular complexity index is 1620. The van der Waals surface area contributed by atoms with Gasteiger partial charge >= 0.3 is 6.09 Å². The van der Waals surface area contributed by atoms with E-state index in [0.717, 1.165) is 40.2 Å². The molecule has 0 saturated heterocycles. The summed E-state index contributed by atoms with van der Waals surface area (Å²) in [6.45, 7) is 4.29. The number of anilines is 1. The maximum Gasteiger partial charge on any atom is 0.412 e. The quantitative estimate of drug-likeness (QED) is 0.273. The number of hydrogen-bond acceptors (Lipinski definition) is 8. The molecule has 44 heavy (non-hydrogen) atoms. The first-order valence-electron chi connectivity index (χ1n) is 15.6. The molecule has 2 aromatic carbocycles. The van der Waals surface area contributed by atoms with Gasteiger partial charge in [-0.2, -0.15) is 0 Å². The molecule has 2 N–H and O–H groups in total. The molecular formula is C35H38N2O5S2. The summed E-state index contributed by atoms with van der Waals surface area (Å²) in [6, 6.07) is 17.0. The highest BCUT2D eigenvalue weighted by atomic mass is 32.2. The fourth-order valence-corrected chi connectivity index (χ4v) is 11.4. The van der Waals surface area contributed by atoms with Crippen LogP contribution in [-0.4, -0.2) is 45.2 Å². The van der Waals surface area contributed by atoms with Crippen LogP contribution in [0.3, 0.4) is 0 Å². The molecule has 7 atom stereocenters. The smallest absolute Gasteiger partial charge is 0.412 e. The number of hydrogen-bond donors (Lipinski definition) is 2. The van der Waals surface area contributed by atoms with Crippen molar-refractivity contribution in [3.63, 3.8) is 0 Å². The Morgan fingerprint density at radius 2 is 1.84 bits per heavy atom. The summed E-state index contributed by atoms with van der Waals surface area (Å²) >= 11 is 2.95. The minimum absolute atomic E-state index is 0.00912. The zero-order chi connectivity index (χ0) is 30.7. The van der Waals surface area contributed by atoms with E-state index in [1.807, 2.05) is 48.5 Å². The molecule has 0 spiro atoms. The van der Waals surface area contributed by atoms with E-state index in [4.69, 9.17) is 9.72 Å². The lowest BCUT2D eigenvalue weighted by Gasteiger charge is -2.60. The van der Waals surface area contributed by atoms with Crippen LogP contribution in [0.15, 0.2) is 70.6 Å². The van der Waals surface area contributed by atoms with Crippen molar-refractivity contribution in [2.45, 2.75) is 74.8 Å². The van der Waals surface area contributed by atoms with E-state index >= 15 is 0 Å². The Kier molecular flexibility index (Phi) is 7.49. The number of amides is 1. The van der Waals surface area contributed by atoms with Crippen LogP contribution in [0.4, 0.5) is 10.5 Å². The van der Waals surface area contributed by atoms with Gasteiger partial charge in [0.05, 0.1) is 22.1 Å². The summed E-state index contributed by atoms with van der Waals surface area (Å²) in [5.74, 6) is 0.457.